The molecule has 0 aliphatic carbocycles. The summed E-state index contributed by atoms with van der Waals surface area (Å²) in [5.41, 5.74) is 3.67. The maximum Gasteiger partial charge on any atom is 0.282 e. The van der Waals surface area contributed by atoms with Gasteiger partial charge in [-0.1, -0.05) is 34.1 Å². The first-order chi connectivity index (χ1) is 13.0. The van der Waals surface area contributed by atoms with Crippen LogP contribution < -0.4 is 19.9 Å². The molecule has 8 heteroatoms. The summed E-state index contributed by atoms with van der Waals surface area (Å²) in [5.74, 6) is -0.200. The van der Waals surface area contributed by atoms with Gasteiger partial charge in [-0.3, -0.25) is 15.0 Å². The lowest BCUT2D eigenvalue weighted by molar-refractivity contribution is -0.117. The summed E-state index contributed by atoms with van der Waals surface area (Å²) in [4.78, 5) is 25.0. The third-order valence-corrected chi connectivity index (χ3v) is 4.47. The number of carbonyl (C=O) groups excluding carboxylic acids is 2. The molecule has 0 atom stereocenters. The van der Waals surface area contributed by atoms with Gasteiger partial charge in [-0.25, -0.2) is 5.01 Å². The van der Waals surface area contributed by atoms with E-state index in [2.05, 4.69) is 21.4 Å². The summed E-state index contributed by atoms with van der Waals surface area (Å²) < 4.78 is 11.2. The topological polar surface area (TPSA) is 91.7 Å². The molecule has 0 aromatic heterocycles. The molecular weight excluding hydrogens is 414 g/mol. The predicted molar refractivity (Wildman–Crippen MR) is 102 cm³/mol. The SMILES string of the molecule is COc1cc(/C=C2/C(=O)NN(c3ccccc3)C2=O)c(Br)cc1OCC#N. The van der Waals surface area contributed by atoms with Crippen LogP contribution in [0, 0.1) is 11.3 Å². The molecule has 1 aliphatic rings. The Morgan fingerprint density at radius 1 is 1.22 bits per heavy atom. The highest BCUT2D eigenvalue weighted by molar-refractivity contribution is 9.10. The van der Waals surface area contributed by atoms with Crippen molar-refractivity contribution >= 4 is 39.5 Å². The van der Waals surface area contributed by atoms with Crippen LogP contribution in [0.1, 0.15) is 5.56 Å². The highest BCUT2D eigenvalue weighted by atomic mass is 79.9. The number of hydrogen-bond donors (Lipinski definition) is 1. The van der Waals surface area contributed by atoms with E-state index >= 15 is 0 Å². The first-order valence-corrected chi connectivity index (χ1v) is 8.64. The molecular formula is C19H14BrN3O4. The average Bonchev–Trinajstić information content (AvgIpc) is 2.96. The van der Waals surface area contributed by atoms with Gasteiger partial charge < -0.3 is 9.47 Å². The Bertz CT molecular complexity index is 967. The monoisotopic (exact) mass is 427 g/mol. The molecule has 0 radical (unpaired) electrons. The van der Waals surface area contributed by atoms with Gasteiger partial charge in [-0.05, 0) is 35.9 Å². The van der Waals surface area contributed by atoms with E-state index in [4.69, 9.17) is 14.7 Å². The van der Waals surface area contributed by atoms with Crippen molar-refractivity contribution in [1.82, 2.24) is 5.43 Å². The molecule has 1 heterocycles. The molecule has 0 saturated carbocycles. The normalized spacial score (nSPS) is 14.9. The Morgan fingerprint density at radius 3 is 2.63 bits per heavy atom. The number of hydrogen-bond acceptors (Lipinski definition) is 5. The standard InChI is InChI=1S/C19H14BrN3O4/c1-26-16-10-12(15(20)11-17(16)27-8-7-21)9-14-18(24)22-23(19(14)25)13-5-3-2-4-6-13/h2-6,9-11H,8H2,1H3,(H,22,24)/b14-9-. The molecule has 0 spiro atoms. The number of nitriles is 1. The summed E-state index contributed by atoms with van der Waals surface area (Å²) in [5, 5.41) is 9.86. The molecule has 2 aromatic carbocycles. The molecule has 3 rings (SSSR count). The van der Waals surface area contributed by atoms with E-state index in [1.165, 1.54) is 18.2 Å². The zero-order valence-corrected chi connectivity index (χ0v) is 15.8. The van der Waals surface area contributed by atoms with E-state index in [0.717, 1.165) is 0 Å². The van der Waals surface area contributed by atoms with Crippen LogP contribution in [0.25, 0.3) is 6.08 Å². The van der Waals surface area contributed by atoms with Gasteiger partial charge in [0.2, 0.25) is 0 Å². The molecule has 1 N–H and O–H groups in total. The fourth-order valence-electron chi connectivity index (χ4n) is 2.52. The summed E-state index contributed by atoms with van der Waals surface area (Å²) >= 11 is 3.39. The Balaban J connectivity index is 1.95. The molecule has 0 unspecified atom stereocenters. The number of halogens is 1. The molecule has 0 bridgehead atoms. The highest BCUT2D eigenvalue weighted by Crippen LogP contribution is 2.35. The second-order valence-electron chi connectivity index (χ2n) is 5.45. The van der Waals surface area contributed by atoms with E-state index in [1.54, 1.807) is 36.4 Å². The molecule has 1 saturated heterocycles. The van der Waals surface area contributed by atoms with E-state index in [0.29, 0.717) is 27.2 Å². The highest BCUT2D eigenvalue weighted by Gasteiger charge is 2.34. The number of amides is 2. The third-order valence-electron chi connectivity index (χ3n) is 3.78. The van der Waals surface area contributed by atoms with Gasteiger partial charge in [0, 0.05) is 4.47 Å². The molecule has 27 heavy (non-hydrogen) atoms. The zero-order chi connectivity index (χ0) is 19.4. The number of benzene rings is 2. The van der Waals surface area contributed by atoms with E-state index < -0.39 is 11.8 Å². The minimum atomic E-state index is -0.500. The van der Waals surface area contributed by atoms with Gasteiger partial charge in [-0.15, -0.1) is 0 Å². The number of nitrogens with zero attached hydrogens (tertiary/aromatic N) is 2. The largest absolute Gasteiger partial charge is 0.493 e. The van der Waals surface area contributed by atoms with Crippen LogP contribution >= 0.6 is 15.9 Å². The van der Waals surface area contributed by atoms with Crippen molar-refractivity contribution in [3.8, 4) is 17.6 Å². The van der Waals surface area contributed by atoms with Gasteiger partial charge in [0.25, 0.3) is 11.8 Å². The van der Waals surface area contributed by atoms with Crippen molar-refractivity contribution in [3.63, 3.8) is 0 Å². The maximum atomic E-state index is 12.7. The van der Waals surface area contributed by atoms with Crippen molar-refractivity contribution in [2.24, 2.45) is 0 Å². The lowest BCUT2D eigenvalue weighted by Gasteiger charge is -2.14. The van der Waals surface area contributed by atoms with Crippen molar-refractivity contribution < 1.29 is 19.1 Å². The summed E-state index contributed by atoms with van der Waals surface area (Å²) in [7, 11) is 1.46. The van der Waals surface area contributed by atoms with E-state index in [9.17, 15) is 9.59 Å². The molecule has 2 amide bonds. The second kappa shape index (κ2) is 7.93. The number of anilines is 1. The van der Waals surface area contributed by atoms with Crippen LogP contribution in [0.4, 0.5) is 5.69 Å². The van der Waals surface area contributed by atoms with Crippen molar-refractivity contribution in [1.29, 1.82) is 5.26 Å². The van der Waals surface area contributed by atoms with Crippen molar-refractivity contribution in [2.75, 3.05) is 18.7 Å². The molecule has 2 aromatic rings. The Labute approximate surface area is 163 Å². The van der Waals surface area contributed by atoms with Crippen LogP contribution in [0.3, 0.4) is 0 Å². The lowest BCUT2D eigenvalue weighted by atomic mass is 10.1. The summed E-state index contributed by atoms with van der Waals surface area (Å²) in [6.45, 7) is -0.129. The molecule has 7 nitrogen and oxygen atoms in total. The first kappa shape index (κ1) is 18.5. The molecule has 136 valence electrons. The van der Waals surface area contributed by atoms with Crippen LogP contribution in [-0.4, -0.2) is 25.5 Å². The number of rotatable bonds is 5. The van der Waals surface area contributed by atoms with Gasteiger partial charge in [0.05, 0.1) is 12.8 Å². The zero-order valence-electron chi connectivity index (χ0n) is 14.2. The van der Waals surface area contributed by atoms with Gasteiger partial charge in [-0.2, -0.15) is 5.26 Å². The minimum absolute atomic E-state index is 0.00713. The minimum Gasteiger partial charge on any atom is -0.493 e. The number of hydrazine groups is 1. The second-order valence-corrected chi connectivity index (χ2v) is 6.30. The maximum absolute atomic E-state index is 12.7. The Hall–Kier alpha value is -3.31. The predicted octanol–water partition coefficient (Wildman–Crippen LogP) is 2.82. The van der Waals surface area contributed by atoms with Gasteiger partial charge in [0.1, 0.15) is 11.6 Å². The molecule has 1 fully saturated rings. The fourth-order valence-corrected chi connectivity index (χ4v) is 2.95. The quantitative estimate of drug-likeness (QED) is 0.584. The van der Waals surface area contributed by atoms with E-state index in [-0.39, 0.29) is 12.2 Å². The number of ether oxygens (including phenoxy) is 2. The van der Waals surface area contributed by atoms with Gasteiger partial charge >= 0.3 is 0 Å². The van der Waals surface area contributed by atoms with Gasteiger partial charge in [0.15, 0.2) is 18.1 Å². The van der Waals surface area contributed by atoms with E-state index in [1.807, 2.05) is 12.1 Å². The van der Waals surface area contributed by atoms with Crippen LogP contribution in [0.5, 0.6) is 11.5 Å². The fraction of sp³-hybridized carbons (Fsp3) is 0.105. The number of para-hydroxylation sites is 1. The lowest BCUT2D eigenvalue weighted by Crippen LogP contribution is -2.35. The smallest absolute Gasteiger partial charge is 0.282 e. The van der Waals surface area contributed by atoms with Crippen LogP contribution in [0.2, 0.25) is 0 Å². The van der Waals surface area contributed by atoms with Crippen molar-refractivity contribution in [3.05, 3.63) is 58.1 Å². The molecule has 1 aliphatic heterocycles. The number of carbonyl (C=O) groups is 2. The third kappa shape index (κ3) is 3.78. The van der Waals surface area contributed by atoms with Crippen LogP contribution in [0.15, 0.2) is 52.5 Å². The summed E-state index contributed by atoms with van der Waals surface area (Å²) in [6.07, 6.45) is 1.47. The number of nitrogens with one attached hydrogen (secondary N) is 1. The van der Waals surface area contributed by atoms with Crippen LogP contribution in [-0.2, 0) is 9.59 Å². The Kier molecular flexibility index (Phi) is 5.43. The first-order valence-electron chi connectivity index (χ1n) is 7.84. The van der Waals surface area contributed by atoms with Crippen molar-refractivity contribution in [2.45, 2.75) is 0 Å². The summed E-state index contributed by atoms with van der Waals surface area (Å²) in [6, 6.07) is 13.9. The Morgan fingerprint density at radius 2 is 1.96 bits per heavy atom. The average molecular weight is 428 g/mol. The number of methoxy groups -OCH3 is 1.